The third-order valence-electron chi connectivity index (χ3n) is 6.42. The van der Waals surface area contributed by atoms with E-state index >= 15 is 0 Å². The van der Waals surface area contributed by atoms with Crippen LogP contribution in [0.4, 0.5) is 28.7 Å². The molecular weight excluding hydrogens is 496 g/mol. The average Bonchev–Trinajstić information content (AvgIpc) is 3.42. The lowest BCUT2D eigenvalue weighted by Crippen LogP contribution is -2.29. The van der Waals surface area contributed by atoms with E-state index in [0.29, 0.717) is 35.4 Å². The summed E-state index contributed by atoms with van der Waals surface area (Å²) in [7, 11) is 7.62. The van der Waals surface area contributed by atoms with Crippen molar-refractivity contribution in [1.29, 1.82) is 0 Å². The minimum atomic E-state index is -0.305. The van der Waals surface area contributed by atoms with E-state index in [4.69, 9.17) is 9.57 Å². The SMILES string of the molecule is C=CC(=O)Nc1cc(Nc2cc(N3OCC[C@@H]3c3ccc(C)nc3)ncn2)c(OC)cc1N(C)CCN(C)C. The predicted molar refractivity (Wildman–Crippen MR) is 154 cm³/mol. The first-order valence-corrected chi connectivity index (χ1v) is 12.7. The fourth-order valence-corrected chi connectivity index (χ4v) is 4.25. The summed E-state index contributed by atoms with van der Waals surface area (Å²) in [5.74, 6) is 1.46. The van der Waals surface area contributed by atoms with Crippen LogP contribution in [0.1, 0.15) is 23.7 Å². The summed E-state index contributed by atoms with van der Waals surface area (Å²) in [6.45, 7) is 7.72. The highest BCUT2D eigenvalue weighted by atomic mass is 16.7. The highest BCUT2D eigenvalue weighted by Crippen LogP contribution is 2.39. The Morgan fingerprint density at radius 2 is 2.00 bits per heavy atom. The van der Waals surface area contributed by atoms with Gasteiger partial charge in [-0.25, -0.2) is 15.0 Å². The van der Waals surface area contributed by atoms with Gasteiger partial charge in [0.05, 0.1) is 36.8 Å². The van der Waals surface area contributed by atoms with Crippen LogP contribution in [0.3, 0.4) is 0 Å². The van der Waals surface area contributed by atoms with E-state index in [9.17, 15) is 4.79 Å². The monoisotopic (exact) mass is 532 g/mol. The highest BCUT2D eigenvalue weighted by Gasteiger charge is 2.29. The summed E-state index contributed by atoms with van der Waals surface area (Å²) in [5, 5.41) is 8.04. The number of carbonyl (C=O) groups excluding carboxylic acids is 1. The number of ether oxygens (including phenoxy) is 1. The quantitative estimate of drug-likeness (QED) is 0.353. The fourth-order valence-electron chi connectivity index (χ4n) is 4.25. The van der Waals surface area contributed by atoms with Crippen molar-refractivity contribution in [3.05, 3.63) is 66.8 Å². The Hall–Kier alpha value is -4.22. The minimum Gasteiger partial charge on any atom is -0.494 e. The Kier molecular flexibility index (Phi) is 8.95. The maximum atomic E-state index is 12.3. The van der Waals surface area contributed by atoms with Gasteiger partial charge >= 0.3 is 0 Å². The zero-order valence-corrected chi connectivity index (χ0v) is 23.1. The normalized spacial score (nSPS) is 14.8. The van der Waals surface area contributed by atoms with Gasteiger partial charge in [-0.05, 0) is 44.8 Å². The summed E-state index contributed by atoms with van der Waals surface area (Å²) < 4.78 is 5.72. The molecule has 11 heteroatoms. The molecule has 3 aromatic rings. The van der Waals surface area contributed by atoms with Gasteiger partial charge in [0, 0.05) is 50.6 Å². The maximum Gasteiger partial charge on any atom is 0.247 e. The van der Waals surface area contributed by atoms with Crippen LogP contribution in [-0.4, -0.2) is 73.7 Å². The summed E-state index contributed by atoms with van der Waals surface area (Å²) in [6, 6.07) is 9.59. The third-order valence-corrected chi connectivity index (χ3v) is 6.42. The van der Waals surface area contributed by atoms with Crippen LogP contribution < -0.4 is 25.3 Å². The van der Waals surface area contributed by atoms with Crippen LogP contribution in [0.5, 0.6) is 5.75 Å². The van der Waals surface area contributed by atoms with Gasteiger partial charge in [-0.2, -0.15) is 0 Å². The van der Waals surface area contributed by atoms with Crippen molar-refractivity contribution in [2.45, 2.75) is 19.4 Å². The number of nitrogens with one attached hydrogen (secondary N) is 2. The molecule has 4 rings (SSSR count). The highest BCUT2D eigenvalue weighted by molar-refractivity contribution is 6.02. The van der Waals surface area contributed by atoms with E-state index in [-0.39, 0.29) is 11.9 Å². The molecule has 1 atom stereocenters. The van der Waals surface area contributed by atoms with Gasteiger partial charge in [-0.1, -0.05) is 12.6 Å². The third kappa shape index (κ3) is 6.81. The number of rotatable bonds is 11. The number of likely N-dealkylation sites (N-methyl/N-ethyl adjacent to an activating group) is 2. The van der Waals surface area contributed by atoms with E-state index in [1.165, 1.54) is 12.4 Å². The van der Waals surface area contributed by atoms with Crippen molar-refractivity contribution in [2.75, 3.05) is 68.5 Å². The number of pyridine rings is 1. The molecule has 1 aliphatic rings. The zero-order chi connectivity index (χ0) is 27.9. The van der Waals surface area contributed by atoms with Gasteiger partial charge in [0.1, 0.15) is 17.9 Å². The second kappa shape index (κ2) is 12.5. The van der Waals surface area contributed by atoms with Crippen LogP contribution in [0.15, 0.2) is 55.5 Å². The molecule has 2 N–H and O–H groups in total. The van der Waals surface area contributed by atoms with Gasteiger partial charge < -0.3 is 25.2 Å². The molecule has 0 bridgehead atoms. The molecule has 1 fully saturated rings. The summed E-state index contributed by atoms with van der Waals surface area (Å²) in [5.41, 5.74) is 4.09. The molecular formula is C28H36N8O3. The molecule has 1 aliphatic heterocycles. The summed E-state index contributed by atoms with van der Waals surface area (Å²) in [6.07, 6.45) is 5.43. The lowest BCUT2D eigenvalue weighted by atomic mass is 10.1. The number of hydroxylamine groups is 1. The first-order chi connectivity index (χ1) is 18.8. The van der Waals surface area contributed by atoms with Gasteiger partial charge in [-0.15, -0.1) is 0 Å². The van der Waals surface area contributed by atoms with Crippen molar-refractivity contribution in [3.8, 4) is 5.75 Å². The molecule has 206 valence electrons. The molecule has 3 heterocycles. The molecule has 0 unspecified atom stereocenters. The molecule has 1 aromatic carbocycles. The number of benzene rings is 1. The van der Waals surface area contributed by atoms with E-state index in [1.54, 1.807) is 12.2 Å². The number of hydrogen-bond acceptors (Lipinski definition) is 10. The Balaban J connectivity index is 1.63. The maximum absolute atomic E-state index is 12.3. The van der Waals surface area contributed by atoms with E-state index in [0.717, 1.165) is 36.5 Å². The smallest absolute Gasteiger partial charge is 0.247 e. The minimum absolute atomic E-state index is 0.00640. The second-order valence-corrected chi connectivity index (χ2v) is 9.57. The van der Waals surface area contributed by atoms with Crippen LogP contribution in [0.2, 0.25) is 0 Å². The molecule has 1 saturated heterocycles. The molecule has 39 heavy (non-hydrogen) atoms. The number of nitrogens with zero attached hydrogens (tertiary/aromatic N) is 6. The molecule has 0 aliphatic carbocycles. The van der Waals surface area contributed by atoms with Gasteiger partial charge in [0.15, 0.2) is 5.82 Å². The van der Waals surface area contributed by atoms with Crippen LogP contribution >= 0.6 is 0 Å². The number of amides is 1. The molecule has 11 nitrogen and oxygen atoms in total. The van der Waals surface area contributed by atoms with Gasteiger partial charge in [0.25, 0.3) is 0 Å². The number of aryl methyl sites for hydroxylation is 1. The fraction of sp³-hybridized carbons (Fsp3) is 0.357. The Morgan fingerprint density at radius 1 is 1.18 bits per heavy atom. The van der Waals surface area contributed by atoms with Crippen LogP contribution in [0, 0.1) is 6.92 Å². The number of carbonyl (C=O) groups is 1. The molecule has 0 radical (unpaired) electrons. The van der Waals surface area contributed by atoms with Crippen LogP contribution in [0.25, 0.3) is 0 Å². The van der Waals surface area contributed by atoms with Crippen molar-refractivity contribution in [1.82, 2.24) is 19.9 Å². The van der Waals surface area contributed by atoms with E-state index in [1.807, 2.05) is 58.5 Å². The standard InChI is InChI=1S/C28H36N8O3/c1-7-28(37)33-21-14-22(25(38-6)15-24(21)35(5)12-11-34(3)4)32-26-16-27(31-18-30-26)36-23(10-13-39-36)20-9-8-19(2)29-17-20/h7-9,14-18,23H,1,10-13H2,2-6H3,(H,33,37)(H,30,31,32)/t23-/m1/s1. The van der Waals surface area contributed by atoms with Gasteiger partial charge in [0.2, 0.25) is 5.91 Å². The topological polar surface area (TPSA) is 108 Å². The number of hydrogen-bond donors (Lipinski definition) is 2. The van der Waals surface area contributed by atoms with Gasteiger partial charge in [-0.3, -0.25) is 14.6 Å². The Labute approximate surface area is 229 Å². The van der Waals surface area contributed by atoms with E-state index < -0.39 is 0 Å². The zero-order valence-electron chi connectivity index (χ0n) is 23.1. The molecule has 0 saturated carbocycles. The van der Waals surface area contributed by atoms with Crippen molar-refractivity contribution in [2.24, 2.45) is 0 Å². The molecule has 0 spiro atoms. The van der Waals surface area contributed by atoms with Crippen LogP contribution in [-0.2, 0) is 9.63 Å². The second-order valence-electron chi connectivity index (χ2n) is 9.57. The number of anilines is 5. The van der Waals surface area contributed by atoms with Crippen molar-refractivity contribution in [3.63, 3.8) is 0 Å². The largest absolute Gasteiger partial charge is 0.494 e. The average molecular weight is 533 g/mol. The first-order valence-electron chi connectivity index (χ1n) is 12.7. The van der Waals surface area contributed by atoms with E-state index in [2.05, 4.69) is 48.0 Å². The summed E-state index contributed by atoms with van der Waals surface area (Å²) in [4.78, 5) is 35.7. The van der Waals surface area contributed by atoms with Crippen molar-refractivity contribution < 1.29 is 14.4 Å². The summed E-state index contributed by atoms with van der Waals surface area (Å²) >= 11 is 0. The first kappa shape index (κ1) is 27.8. The predicted octanol–water partition coefficient (Wildman–Crippen LogP) is 3.94. The Bertz CT molecular complexity index is 1300. The molecule has 2 aromatic heterocycles. The number of aromatic nitrogens is 3. The lowest BCUT2D eigenvalue weighted by Gasteiger charge is -2.26. The van der Waals surface area contributed by atoms with Crippen molar-refractivity contribution >= 4 is 34.6 Å². The Morgan fingerprint density at radius 3 is 2.69 bits per heavy atom. The number of methoxy groups -OCH3 is 1. The molecule has 1 amide bonds. The lowest BCUT2D eigenvalue weighted by molar-refractivity contribution is -0.111.